The smallest absolute Gasteiger partial charge is 0.108 e. The van der Waals surface area contributed by atoms with Crippen molar-refractivity contribution in [2.24, 2.45) is 0 Å². The van der Waals surface area contributed by atoms with Crippen LogP contribution in [0.15, 0.2) is 0 Å². The molecule has 0 aliphatic rings. The number of hydrogen-bond donors (Lipinski definition) is 1. The van der Waals surface area contributed by atoms with Gasteiger partial charge in [-0.25, -0.2) is 0 Å². The third kappa shape index (κ3) is 895. The molecular formula is HAgN3+. The summed E-state index contributed by atoms with van der Waals surface area (Å²) in [7, 11) is 0. The van der Waals surface area contributed by atoms with Crippen molar-refractivity contribution in [3.05, 3.63) is 10.4 Å². The van der Waals surface area contributed by atoms with Crippen LogP contribution in [0, 0.1) is 5.53 Å². The molecule has 0 spiro atoms. The van der Waals surface area contributed by atoms with E-state index < -0.39 is 0 Å². The third-order valence-electron chi connectivity index (χ3n) is 0. The van der Waals surface area contributed by atoms with Crippen molar-refractivity contribution in [2.45, 2.75) is 0 Å². The maximum Gasteiger partial charge on any atom is 1.00 e. The van der Waals surface area contributed by atoms with E-state index >= 15 is 0 Å². The summed E-state index contributed by atoms with van der Waals surface area (Å²) >= 11 is 0. The van der Waals surface area contributed by atoms with Gasteiger partial charge in [-0.15, -0.1) is 5.53 Å². The van der Waals surface area contributed by atoms with Crippen molar-refractivity contribution < 1.29 is 22.4 Å². The molecule has 0 aliphatic carbocycles. The van der Waals surface area contributed by atoms with Gasteiger partial charge in [0.05, 0.1) is 0 Å². The molecule has 0 bridgehead atoms. The van der Waals surface area contributed by atoms with Gasteiger partial charge in [-0.2, -0.15) is 0 Å². The van der Waals surface area contributed by atoms with E-state index in [9.17, 15) is 0 Å². The molecule has 0 aromatic carbocycles. The Balaban J connectivity index is 0. The molecule has 0 unspecified atom stereocenters. The molecule has 0 aromatic rings. The second-order valence-corrected chi connectivity index (χ2v) is 0.100. The Hall–Kier alpha value is 0.0503. The van der Waals surface area contributed by atoms with Crippen LogP contribution in [0.4, 0.5) is 0 Å². The van der Waals surface area contributed by atoms with E-state index in [1.54, 1.807) is 4.91 Å². The Kier molecular flexibility index (Phi) is 26.1. The van der Waals surface area contributed by atoms with Gasteiger partial charge in [-0.3, -0.25) is 0 Å². The van der Waals surface area contributed by atoms with Crippen molar-refractivity contribution in [3.63, 3.8) is 0 Å². The summed E-state index contributed by atoms with van der Waals surface area (Å²) in [5, 5.41) is 0. The molecule has 4 heavy (non-hydrogen) atoms. The molecule has 26 valence electrons. The molecule has 0 aliphatic heterocycles. The van der Waals surface area contributed by atoms with E-state index in [4.69, 9.17) is 11.1 Å². The number of nitrogens with one attached hydrogen (secondary N) is 1. The summed E-state index contributed by atoms with van der Waals surface area (Å²) in [5.41, 5.74) is 12.2. The molecule has 0 radical (unpaired) electrons. The predicted molar refractivity (Wildman–Crippen MR) is 9.44 cm³/mol. The molecule has 0 fully saturated rings. The third-order valence-corrected chi connectivity index (χ3v) is 0. The minimum absolute atomic E-state index is 0. The minimum Gasteiger partial charge on any atom is -0.108 e. The summed E-state index contributed by atoms with van der Waals surface area (Å²) in [6, 6.07) is 0. The van der Waals surface area contributed by atoms with Crippen LogP contribution in [0.1, 0.15) is 0 Å². The van der Waals surface area contributed by atoms with Crippen LogP contribution in [-0.2, 0) is 22.4 Å². The second-order valence-electron chi connectivity index (χ2n) is 0.100. The first kappa shape index (κ1) is 8.96. The Morgan fingerprint density at radius 1 is 1.75 bits per heavy atom. The molecule has 0 aromatic heterocycles. The van der Waals surface area contributed by atoms with E-state index in [1.807, 2.05) is 0 Å². The van der Waals surface area contributed by atoms with Gasteiger partial charge < -0.3 is 0 Å². The van der Waals surface area contributed by atoms with E-state index in [-0.39, 0.29) is 22.4 Å². The normalized spacial score (nSPS) is 2.00. The largest absolute Gasteiger partial charge is 1.00 e. The van der Waals surface area contributed by atoms with Crippen LogP contribution in [0.5, 0.6) is 0 Å². The first-order chi connectivity index (χ1) is 1.41. The van der Waals surface area contributed by atoms with Gasteiger partial charge in [-0.1, -0.05) is 0 Å². The van der Waals surface area contributed by atoms with Crippen LogP contribution in [-0.4, -0.2) is 0 Å². The Labute approximate surface area is 38.9 Å². The Morgan fingerprint density at radius 3 is 1.75 bits per heavy atom. The van der Waals surface area contributed by atoms with E-state index in [0.29, 0.717) is 0 Å². The van der Waals surface area contributed by atoms with Crippen LogP contribution in [0.3, 0.4) is 0 Å². The standard InChI is InChI=1S/Ag.HN3/c;1-3-2/h;1H/q+1;. The monoisotopic (exact) mass is 150 g/mol. The minimum atomic E-state index is 0. The van der Waals surface area contributed by atoms with Gasteiger partial charge in [0.1, 0.15) is 0 Å². The summed E-state index contributed by atoms with van der Waals surface area (Å²) in [6.07, 6.45) is 0. The molecule has 3 nitrogen and oxygen atoms in total. The van der Waals surface area contributed by atoms with Crippen molar-refractivity contribution in [1.29, 1.82) is 5.53 Å². The fourth-order valence-electron chi connectivity index (χ4n) is 0. The van der Waals surface area contributed by atoms with Gasteiger partial charge in [-0.05, 0) is 10.4 Å². The maximum absolute atomic E-state index is 6.86. The zero-order valence-corrected chi connectivity index (χ0v) is 3.18. The average molecular weight is 151 g/mol. The molecule has 0 amide bonds. The second kappa shape index (κ2) is 11.6. The fraction of sp³-hybridized carbons (Fsp3) is 0. The van der Waals surface area contributed by atoms with E-state index in [2.05, 4.69) is 0 Å². The fourth-order valence-corrected chi connectivity index (χ4v) is 0. The quantitative estimate of drug-likeness (QED) is 0.231. The van der Waals surface area contributed by atoms with Gasteiger partial charge in [0.25, 0.3) is 0 Å². The van der Waals surface area contributed by atoms with E-state index in [1.165, 1.54) is 0 Å². The average Bonchev–Trinajstić information content (AvgIpc) is 0.918. The van der Waals surface area contributed by atoms with Crippen molar-refractivity contribution >= 4 is 0 Å². The van der Waals surface area contributed by atoms with Gasteiger partial charge in [0, 0.05) is 0 Å². The summed E-state index contributed by atoms with van der Waals surface area (Å²) in [4.78, 5) is 1.75. The van der Waals surface area contributed by atoms with Crippen LogP contribution < -0.4 is 0 Å². The number of nitrogens with zero attached hydrogens (tertiary/aromatic N) is 2. The zero-order valence-electron chi connectivity index (χ0n) is 1.70. The molecule has 0 saturated heterocycles. The number of rotatable bonds is 0. The molecular weight excluding hydrogens is 150 g/mol. The maximum atomic E-state index is 6.86. The summed E-state index contributed by atoms with van der Waals surface area (Å²) in [6.45, 7) is 0. The molecule has 0 saturated carbocycles. The topological polar surface area (TPSA) is 60.3 Å². The molecule has 0 atom stereocenters. The first-order valence-corrected chi connectivity index (χ1v) is 0.424. The van der Waals surface area contributed by atoms with Gasteiger partial charge >= 0.3 is 22.4 Å². The van der Waals surface area contributed by atoms with Gasteiger partial charge in [0.2, 0.25) is 0 Å². The molecule has 4 heteroatoms. The van der Waals surface area contributed by atoms with Crippen molar-refractivity contribution in [1.82, 2.24) is 0 Å². The predicted octanol–water partition coefficient (Wildman–Crippen LogP) is 0.873. The zero-order chi connectivity index (χ0) is 2.71. The molecule has 1 N–H and O–H groups in total. The summed E-state index contributed by atoms with van der Waals surface area (Å²) < 4.78 is 0. The Morgan fingerprint density at radius 2 is 1.75 bits per heavy atom. The van der Waals surface area contributed by atoms with Crippen molar-refractivity contribution in [2.75, 3.05) is 0 Å². The number of hydrogen-bond acceptors (Lipinski definition) is 1. The summed E-state index contributed by atoms with van der Waals surface area (Å²) in [5.74, 6) is 0. The van der Waals surface area contributed by atoms with Gasteiger partial charge in [0.15, 0.2) is 0 Å². The SMILES string of the molecule is [Ag+].[N-]=[N+]=N. The molecule has 0 rings (SSSR count). The van der Waals surface area contributed by atoms with Crippen LogP contribution >= 0.6 is 0 Å². The first-order valence-electron chi connectivity index (χ1n) is 0.424. The Bertz CT molecular complexity index is 24.3. The molecule has 0 heterocycles. The van der Waals surface area contributed by atoms with Crippen LogP contribution in [0.25, 0.3) is 10.4 Å². The van der Waals surface area contributed by atoms with Crippen LogP contribution in [0.2, 0.25) is 0 Å². The van der Waals surface area contributed by atoms with E-state index in [0.717, 1.165) is 0 Å². The van der Waals surface area contributed by atoms with Crippen molar-refractivity contribution in [3.8, 4) is 0 Å².